The normalized spacial score (nSPS) is 23.2. The molecule has 3 atom stereocenters. The van der Waals surface area contributed by atoms with Gasteiger partial charge in [0.2, 0.25) is 0 Å². The summed E-state index contributed by atoms with van der Waals surface area (Å²) in [7, 11) is 0. The monoisotopic (exact) mass is 525 g/mol. The number of nitriles is 1. The molecule has 11 heteroatoms. The van der Waals surface area contributed by atoms with E-state index < -0.39 is 29.0 Å². The topological polar surface area (TPSA) is 126 Å². The zero-order valence-corrected chi connectivity index (χ0v) is 21.8. The average molecular weight is 526 g/mol. The van der Waals surface area contributed by atoms with Gasteiger partial charge in [-0.05, 0) is 57.5 Å². The number of aromatic nitrogens is 1. The maximum atomic E-state index is 15.4. The number of hydrogen-bond acceptors (Lipinski definition) is 8. The molecule has 2 aliphatic heterocycles. The molecule has 9 nitrogen and oxygen atoms in total. The van der Waals surface area contributed by atoms with Crippen LogP contribution in [0, 0.1) is 23.1 Å². The lowest BCUT2D eigenvalue weighted by molar-refractivity contribution is -0.00440. The Morgan fingerprint density at radius 3 is 2.73 bits per heavy atom. The van der Waals surface area contributed by atoms with Gasteiger partial charge in [-0.1, -0.05) is 18.7 Å². The number of alkyl carbamates (subject to hydrolysis) is 1. The number of thioether (sulfide) groups is 1. The van der Waals surface area contributed by atoms with Crippen molar-refractivity contribution < 1.29 is 23.5 Å². The number of benzene rings is 1. The molecule has 0 spiro atoms. The van der Waals surface area contributed by atoms with Gasteiger partial charge in [0.25, 0.3) is 5.91 Å². The van der Waals surface area contributed by atoms with E-state index in [4.69, 9.17) is 19.7 Å². The number of hydrogen-bond donors (Lipinski definition) is 2. The van der Waals surface area contributed by atoms with Crippen molar-refractivity contribution >= 4 is 34.6 Å². The van der Waals surface area contributed by atoms with Gasteiger partial charge in [0.1, 0.15) is 28.7 Å². The van der Waals surface area contributed by atoms with Crippen LogP contribution in [0.25, 0.3) is 0 Å². The van der Waals surface area contributed by atoms with Crippen LogP contribution in [0.5, 0.6) is 0 Å². The van der Waals surface area contributed by atoms with Crippen molar-refractivity contribution in [1.82, 2.24) is 10.3 Å². The Morgan fingerprint density at radius 1 is 1.27 bits per heavy atom. The highest BCUT2D eigenvalue weighted by Crippen LogP contribution is 2.49. The quantitative estimate of drug-likeness (QED) is 0.600. The third kappa shape index (κ3) is 5.92. The molecule has 0 bridgehead atoms. The Morgan fingerprint density at radius 2 is 2.05 bits per heavy atom. The number of amides is 2. The second kappa shape index (κ2) is 10.5. The van der Waals surface area contributed by atoms with E-state index in [1.165, 1.54) is 42.2 Å². The molecule has 1 aromatic heterocycles. The van der Waals surface area contributed by atoms with Gasteiger partial charge >= 0.3 is 6.09 Å². The summed E-state index contributed by atoms with van der Waals surface area (Å²) < 4.78 is 26.6. The second-order valence-corrected chi connectivity index (χ2v) is 11.3. The molecule has 194 valence electrons. The molecule has 2 aliphatic rings. The molecule has 1 saturated heterocycles. The number of carbonyl (C=O) groups excluding carboxylic acids is 2. The maximum absolute atomic E-state index is 15.4. The summed E-state index contributed by atoms with van der Waals surface area (Å²) in [5.41, 5.74) is -0.725. The summed E-state index contributed by atoms with van der Waals surface area (Å²) in [6.07, 6.45) is 1.32. The van der Waals surface area contributed by atoms with E-state index in [1.807, 2.05) is 13.0 Å². The van der Waals surface area contributed by atoms with Gasteiger partial charge in [0, 0.05) is 35.2 Å². The molecule has 0 saturated carbocycles. The number of nitrogens with zero attached hydrogens (tertiary/aromatic N) is 3. The maximum Gasteiger partial charge on any atom is 0.413 e. The standard InChI is InChI=1S/C26H28FN5O4S/c1-15-18-9-10-35-14-26(18,32-23(37-15)31-24(34)36-25(2,3)4)19-11-17(6-7-20(19)27)30-22(33)21-8-5-16(12-28)13-29-21/h5-8,11,13,15,18H,9-10,14H2,1-4H3,(H,30,33)(H,31,32,34)/t15-,18+,26+/m1/s1. The number of pyridine rings is 1. The highest BCUT2D eigenvalue weighted by atomic mass is 32.2. The number of amidine groups is 1. The predicted molar refractivity (Wildman–Crippen MR) is 138 cm³/mol. The van der Waals surface area contributed by atoms with Crippen LogP contribution in [0.2, 0.25) is 0 Å². The lowest BCUT2D eigenvalue weighted by Crippen LogP contribution is -2.52. The number of fused-ring (bicyclic) bond motifs is 1. The van der Waals surface area contributed by atoms with E-state index in [0.717, 1.165) is 0 Å². The Hall–Kier alpha value is -3.49. The van der Waals surface area contributed by atoms with Crippen LogP contribution in [0.3, 0.4) is 0 Å². The molecule has 2 amide bonds. The van der Waals surface area contributed by atoms with E-state index in [0.29, 0.717) is 29.4 Å². The minimum atomic E-state index is -1.11. The molecule has 3 heterocycles. The molecule has 2 N–H and O–H groups in total. The second-order valence-electron chi connectivity index (χ2n) is 9.93. The van der Waals surface area contributed by atoms with E-state index in [-0.39, 0.29) is 29.0 Å². The highest BCUT2D eigenvalue weighted by Gasteiger charge is 2.50. The fourth-order valence-corrected chi connectivity index (χ4v) is 5.73. The first-order valence-electron chi connectivity index (χ1n) is 11.8. The third-order valence-electron chi connectivity index (χ3n) is 6.10. The fraction of sp³-hybridized carbons (Fsp3) is 0.423. The van der Waals surface area contributed by atoms with Gasteiger partial charge in [-0.2, -0.15) is 5.26 Å². The minimum absolute atomic E-state index is 0.00756. The Labute approximate surface area is 218 Å². The Kier molecular flexibility index (Phi) is 7.52. The smallest absolute Gasteiger partial charge is 0.413 e. The molecular weight excluding hydrogens is 497 g/mol. The molecule has 2 aromatic rings. The average Bonchev–Trinajstić information content (AvgIpc) is 2.84. The summed E-state index contributed by atoms with van der Waals surface area (Å²) in [4.78, 5) is 34.0. The minimum Gasteiger partial charge on any atom is -0.444 e. The lowest BCUT2D eigenvalue weighted by Gasteiger charge is -2.47. The zero-order valence-electron chi connectivity index (χ0n) is 21.0. The van der Waals surface area contributed by atoms with Crippen molar-refractivity contribution in [2.24, 2.45) is 10.9 Å². The molecule has 4 rings (SSSR count). The van der Waals surface area contributed by atoms with Crippen LogP contribution >= 0.6 is 11.8 Å². The first kappa shape index (κ1) is 26.6. The number of nitrogens with one attached hydrogen (secondary N) is 2. The van der Waals surface area contributed by atoms with E-state index >= 15 is 4.39 Å². The number of aliphatic imine (C=N–C) groups is 1. The Bertz CT molecular complexity index is 1270. The van der Waals surface area contributed by atoms with Crippen LogP contribution in [-0.2, 0) is 15.0 Å². The van der Waals surface area contributed by atoms with Gasteiger partial charge in [0.05, 0.1) is 12.2 Å². The van der Waals surface area contributed by atoms with Gasteiger partial charge in [-0.25, -0.2) is 19.2 Å². The Balaban J connectivity index is 1.67. The number of halogens is 1. The van der Waals surface area contributed by atoms with Gasteiger partial charge < -0.3 is 14.8 Å². The third-order valence-corrected chi connectivity index (χ3v) is 7.21. The van der Waals surface area contributed by atoms with Crippen molar-refractivity contribution in [3.05, 3.63) is 59.2 Å². The van der Waals surface area contributed by atoms with Crippen molar-refractivity contribution in [1.29, 1.82) is 5.26 Å². The van der Waals surface area contributed by atoms with Crippen LogP contribution in [0.1, 0.15) is 55.7 Å². The summed E-state index contributed by atoms with van der Waals surface area (Å²) in [6.45, 7) is 7.94. The van der Waals surface area contributed by atoms with E-state index in [2.05, 4.69) is 15.6 Å². The number of anilines is 1. The number of carbonyl (C=O) groups is 2. The largest absolute Gasteiger partial charge is 0.444 e. The highest BCUT2D eigenvalue weighted by molar-refractivity contribution is 8.14. The van der Waals surface area contributed by atoms with Crippen LogP contribution in [-0.4, -0.2) is 46.2 Å². The molecule has 1 aromatic carbocycles. The number of ether oxygens (including phenoxy) is 2. The summed E-state index contributed by atoms with van der Waals surface area (Å²) in [6, 6.07) is 9.18. The molecule has 1 fully saturated rings. The number of rotatable bonds is 3. The van der Waals surface area contributed by atoms with Crippen molar-refractivity contribution in [2.75, 3.05) is 18.5 Å². The van der Waals surface area contributed by atoms with Crippen LogP contribution < -0.4 is 10.6 Å². The van der Waals surface area contributed by atoms with Crippen molar-refractivity contribution in [3.63, 3.8) is 0 Å². The zero-order chi connectivity index (χ0) is 26.8. The first-order valence-corrected chi connectivity index (χ1v) is 12.7. The summed E-state index contributed by atoms with van der Waals surface area (Å²) >= 11 is 1.40. The first-order chi connectivity index (χ1) is 17.5. The van der Waals surface area contributed by atoms with Gasteiger partial charge in [-0.3, -0.25) is 10.1 Å². The van der Waals surface area contributed by atoms with Crippen molar-refractivity contribution in [3.8, 4) is 6.07 Å². The van der Waals surface area contributed by atoms with E-state index in [9.17, 15) is 9.59 Å². The lowest BCUT2D eigenvalue weighted by atomic mass is 9.74. The molecule has 0 radical (unpaired) electrons. The van der Waals surface area contributed by atoms with Gasteiger partial charge in [0.15, 0.2) is 5.17 Å². The van der Waals surface area contributed by atoms with Crippen LogP contribution in [0.15, 0.2) is 41.5 Å². The van der Waals surface area contributed by atoms with Crippen LogP contribution in [0.4, 0.5) is 14.9 Å². The van der Waals surface area contributed by atoms with Gasteiger partial charge in [-0.15, -0.1) is 0 Å². The fourth-order valence-electron chi connectivity index (χ4n) is 4.50. The predicted octanol–water partition coefficient (Wildman–Crippen LogP) is 4.59. The molecule has 37 heavy (non-hydrogen) atoms. The van der Waals surface area contributed by atoms with Crippen molar-refractivity contribution in [2.45, 2.75) is 50.5 Å². The summed E-state index contributed by atoms with van der Waals surface area (Å²) in [5, 5.41) is 14.7. The molecule has 0 unspecified atom stereocenters. The molecular formula is C26H28FN5O4S. The molecule has 0 aliphatic carbocycles. The van der Waals surface area contributed by atoms with E-state index in [1.54, 1.807) is 26.8 Å². The summed E-state index contributed by atoms with van der Waals surface area (Å²) in [5.74, 6) is -1.07. The SMILES string of the molecule is C[C@H]1SC(NC(=O)OC(C)(C)C)=N[C@@]2(c3cc(NC(=O)c4ccc(C#N)cn4)ccc3F)COCC[C@@H]12.